The number of aryl methyl sites for hydroxylation is 1. The van der Waals surface area contributed by atoms with Crippen LogP contribution in [0.4, 0.5) is 5.69 Å². The molecule has 3 aromatic heterocycles. The molecular weight excluding hydrogens is 506 g/mol. The van der Waals surface area contributed by atoms with E-state index in [2.05, 4.69) is 49.9 Å². The highest BCUT2D eigenvalue weighted by Gasteiger charge is 2.42. The molecule has 8 heteroatoms. The molecule has 6 rings (SSSR count). The fourth-order valence-electron chi connectivity index (χ4n) is 5.02. The number of hydrogen-bond donors (Lipinski definition) is 1. The van der Waals surface area contributed by atoms with E-state index in [4.69, 9.17) is 21.7 Å². The number of hydrogen-bond acceptors (Lipinski definition) is 5. The van der Waals surface area contributed by atoms with Crippen LogP contribution in [-0.4, -0.2) is 26.8 Å². The van der Waals surface area contributed by atoms with Crippen LogP contribution in [0.1, 0.15) is 29.2 Å². The van der Waals surface area contributed by atoms with Crippen LogP contribution in [0, 0.1) is 6.92 Å². The molecule has 0 unspecified atom stereocenters. The third-order valence-corrected chi connectivity index (χ3v) is 7.14. The minimum atomic E-state index is -0.158. The minimum absolute atomic E-state index is 0.154. The zero-order valence-corrected chi connectivity index (χ0v) is 22.4. The highest BCUT2D eigenvalue weighted by molar-refractivity contribution is 7.80. The maximum atomic E-state index is 6.06. The van der Waals surface area contributed by atoms with Crippen molar-refractivity contribution in [3.8, 4) is 22.9 Å². The first kappa shape index (κ1) is 24.6. The van der Waals surface area contributed by atoms with Crippen molar-refractivity contribution in [3.63, 3.8) is 0 Å². The number of benzene rings is 2. The Bertz CT molecular complexity index is 1570. The lowest BCUT2D eigenvalue weighted by Gasteiger charge is -2.29. The molecule has 0 amide bonds. The number of anilines is 1. The van der Waals surface area contributed by atoms with E-state index in [1.54, 1.807) is 13.3 Å². The Kier molecular flexibility index (Phi) is 6.69. The van der Waals surface area contributed by atoms with Crippen molar-refractivity contribution in [2.75, 3.05) is 12.0 Å². The number of nitrogens with one attached hydrogen (secondary N) is 1. The minimum Gasteiger partial charge on any atom is -0.497 e. The topological polar surface area (TPSA) is 64.4 Å². The quantitative estimate of drug-likeness (QED) is 0.238. The second-order valence-corrected chi connectivity index (χ2v) is 9.60. The summed E-state index contributed by atoms with van der Waals surface area (Å²) in [5.74, 6) is 2.25. The van der Waals surface area contributed by atoms with Crippen LogP contribution in [-0.2, 0) is 0 Å². The summed E-state index contributed by atoms with van der Waals surface area (Å²) in [4.78, 5) is 11.2. The van der Waals surface area contributed by atoms with Gasteiger partial charge in [0.2, 0.25) is 0 Å². The number of aromatic nitrogens is 3. The predicted octanol–water partition coefficient (Wildman–Crippen LogP) is 6.55. The Balaban J connectivity index is 1.38. The molecule has 7 nitrogen and oxygen atoms in total. The van der Waals surface area contributed by atoms with Gasteiger partial charge in [-0.3, -0.25) is 9.97 Å². The average Bonchev–Trinajstić information content (AvgIpc) is 3.54. The molecule has 39 heavy (non-hydrogen) atoms. The molecular formula is C31H27N5O2S. The third kappa shape index (κ3) is 4.82. The highest BCUT2D eigenvalue weighted by atomic mass is 32.1. The van der Waals surface area contributed by atoms with Gasteiger partial charge in [-0.25, -0.2) is 0 Å². The lowest BCUT2D eigenvalue weighted by Crippen LogP contribution is -2.30. The number of methoxy groups -OCH3 is 1. The fourth-order valence-corrected chi connectivity index (χ4v) is 5.36. The number of rotatable bonds is 7. The second-order valence-electron chi connectivity index (χ2n) is 9.21. The van der Waals surface area contributed by atoms with Gasteiger partial charge < -0.3 is 24.3 Å². The van der Waals surface area contributed by atoms with Gasteiger partial charge in [0.05, 0.1) is 30.7 Å². The maximum absolute atomic E-state index is 6.06. The van der Waals surface area contributed by atoms with Crippen LogP contribution < -0.4 is 19.7 Å². The summed E-state index contributed by atoms with van der Waals surface area (Å²) < 4.78 is 13.5. The average molecular weight is 534 g/mol. The molecule has 1 fully saturated rings. The molecule has 2 aromatic carbocycles. The fraction of sp³-hybridized carbons (Fsp3) is 0.129. The zero-order valence-electron chi connectivity index (χ0n) is 21.6. The SMILES string of the molecule is COc1ccc(Oc2ccc(N3C(=S)N[C@H](c4ccccn4)[C@@H]3c3ccc(C)n3-c3cccnc3)cc2)cc1. The molecule has 0 radical (unpaired) electrons. The molecule has 4 heterocycles. The normalized spacial score (nSPS) is 16.7. The van der Waals surface area contributed by atoms with Crippen LogP contribution in [0.3, 0.4) is 0 Å². The third-order valence-electron chi connectivity index (χ3n) is 6.82. The van der Waals surface area contributed by atoms with Gasteiger partial charge in [-0.2, -0.15) is 0 Å². The standard InChI is InChI=1S/C31H27N5O2S/c1-21-8-17-28(35(21)23-6-5-18-32-20-23)30-29(27-7-3-4-19-33-27)34-31(39)36(30)22-9-11-25(12-10-22)38-26-15-13-24(37-2)14-16-26/h3-20,29-30H,1-2H3,(H,34,39)/t29-,30+/m1/s1. The van der Waals surface area contributed by atoms with E-state index in [1.165, 1.54) is 0 Å². The van der Waals surface area contributed by atoms with Gasteiger partial charge in [-0.05, 0) is 104 Å². The predicted molar refractivity (Wildman–Crippen MR) is 156 cm³/mol. The number of ether oxygens (including phenoxy) is 2. The smallest absolute Gasteiger partial charge is 0.174 e. The van der Waals surface area contributed by atoms with Gasteiger partial charge in [0.25, 0.3) is 0 Å². The summed E-state index contributed by atoms with van der Waals surface area (Å²) in [5.41, 5.74) is 5.06. The molecule has 5 aromatic rings. The number of pyridine rings is 2. The van der Waals surface area contributed by atoms with Gasteiger partial charge in [0.1, 0.15) is 23.3 Å². The Hall–Kier alpha value is -4.69. The Morgan fingerprint density at radius 1 is 0.795 bits per heavy atom. The Labute approximate surface area is 232 Å². The summed E-state index contributed by atoms with van der Waals surface area (Å²) in [6, 6.07) is 29.4. The Morgan fingerprint density at radius 3 is 2.21 bits per heavy atom. The molecule has 1 N–H and O–H groups in total. The second kappa shape index (κ2) is 10.6. The number of thiocarbonyl (C=S) groups is 1. The maximum Gasteiger partial charge on any atom is 0.174 e. The van der Waals surface area contributed by atoms with Gasteiger partial charge in [0.15, 0.2) is 5.11 Å². The summed E-state index contributed by atoms with van der Waals surface area (Å²) >= 11 is 5.93. The first-order chi connectivity index (χ1) is 19.1. The monoisotopic (exact) mass is 533 g/mol. The van der Waals surface area contributed by atoms with Gasteiger partial charge in [-0.1, -0.05) is 6.07 Å². The van der Waals surface area contributed by atoms with E-state index in [0.29, 0.717) is 5.11 Å². The molecule has 1 saturated heterocycles. The molecule has 0 spiro atoms. The van der Waals surface area contributed by atoms with E-state index in [0.717, 1.165) is 45.7 Å². The summed E-state index contributed by atoms with van der Waals surface area (Å²) in [5, 5.41) is 4.18. The molecule has 0 bridgehead atoms. The first-order valence-electron chi connectivity index (χ1n) is 12.6. The van der Waals surface area contributed by atoms with Crippen LogP contribution >= 0.6 is 12.2 Å². The summed E-state index contributed by atoms with van der Waals surface area (Å²) in [6.07, 6.45) is 5.48. The van der Waals surface area contributed by atoms with Gasteiger partial charge in [0, 0.05) is 29.5 Å². The van der Waals surface area contributed by atoms with Crippen molar-refractivity contribution in [3.05, 3.63) is 127 Å². The zero-order chi connectivity index (χ0) is 26.8. The van der Waals surface area contributed by atoms with Crippen molar-refractivity contribution < 1.29 is 9.47 Å². The van der Waals surface area contributed by atoms with Crippen molar-refractivity contribution in [1.29, 1.82) is 0 Å². The molecule has 0 saturated carbocycles. The van der Waals surface area contributed by atoms with E-state index in [9.17, 15) is 0 Å². The van der Waals surface area contributed by atoms with E-state index < -0.39 is 0 Å². The molecule has 194 valence electrons. The van der Waals surface area contributed by atoms with Crippen LogP contribution in [0.2, 0.25) is 0 Å². The van der Waals surface area contributed by atoms with Crippen molar-refractivity contribution in [1.82, 2.24) is 19.9 Å². The van der Waals surface area contributed by atoms with Crippen molar-refractivity contribution in [2.24, 2.45) is 0 Å². The van der Waals surface area contributed by atoms with Crippen LogP contribution in [0.15, 0.2) is 110 Å². The van der Waals surface area contributed by atoms with E-state index in [1.807, 2.05) is 85.2 Å². The van der Waals surface area contributed by atoms with Gasteiger partial charge in [-0.15, -0.1) is 0 Å². The lowest BCUT2D eigenvalue weighted by atomic mass is 10.0. The largest absolute Gasteiger partial charge is 0.497 e. The highest BCUT2D eigenvalue weighted by Crippen LogP contribution is 2.43. The van der Waals surface area contributed by atoms with Crippen LogP contribution in [0.5, 0.6) is 17.2 Å². The number of nitrogens with zero attached hydrogens (tertiary/aromatic N) is 4. The van der Waals surface area contributed by atoms with E-state index >= 15 is 0 Å². The molecule has 2 atom stereocenters. The lowest BCUT2D eigenvalue weighted by molar-refractivity contribution is 0.413. The molecule has 1 aliphatic rings. The molecule has 1 aliphatic heterocycles. The Morgan fingerprint density at radius 2 is 1.54 bits per heavy atom. The molecule has 0 aliphatic carbocycles. The van der Waals surface area contributed by atoms with Crippen molar-refractivity contribution >= 4 is 23.0 Å². The summed E-state index contributed by atoms with van der Waals surface area (Å²) in [7, 11) is 1.65. The van der Waals surface area contributed by atoms with Crippen LogP contribution in [0.25, 0.3) is 5.69 Å². The van der Waals surface area contributed by atoms with Crippen molar-refractivity contribution in [2.45, 2.75) is 19.0 Å². The summed E-state index contributed by atoms with van der Waals surface area (Å²) in [6.45, 7) is 2.10. The van der Waals surface area contributed by atoms with Gasteiger partial charge >= 0.3 is 0 Å². The van der Waals surface area contributed by atoms with E-state index in [-0.39, 0.29) is 12.1 Å². The first-order valence-corrected chi connectivity index (χ1v) is 13.0.